The number of carbonyl (C=O) groups is 2. The first-order valence-electron chi connectivity index (χ1n) is 15.1. The summed E-state index contributed by atoms with van der Waals surface area (Å²) in [5.41, 5.74) is -0.894. The predicted octanol–water partition coefficient (Wildman–Crippen LogP) is 8.47. The summed E-state index contributed by atoms with van der Waals surface area (Å²) >= 11 is 2.00. The summed E-state index contributed by atoms with van der Waals surface area (Å²) in [6, 6.07) is 20.2. The summed E-state index contributed by atoms with van der Waals surface area (Å²) in [5.74, 6) is -1.38. The molecule has 0 aliphatic rings. The van der Waals surface area contributed by atoms with Crippen molar-refractivity contribution >= 4 is 57.2 Å². The molecule has 15 heteroatoms. The number of anilines is 2. The molecule has 0 spiro atoms. The van der Waals surface area contributed by atoms with Gasteiger partial charge in [0, 0.05) is 14.9 Å². The summed E-state index contributed by atoms with van der Waals surface area (Å²) < 4.78 is 57.7. The van der Waals surface area contributed by atoms with Crippen molar-refractivity contribution in [1.29, 1.82) is 0 Å². The van der Waals surface area contributed by atoms with E-state index in [1.165, 1.54) is 62.4 Å². The Hall–Kier alpha value is -5.23. The van der Waals surface area contributed by atoms with Crippen molar-refractivity contribution < 1.29 is 46.8 Å². The van der Waals surface area contributed by atoms with Gasteiger partial charge in [0.15, 0.2) is 22.6 Å². The third-order valence-corrected chi connectivity index (χ3v) is 7.41. The minimum absolute atomic E-state index is 0.288. The summed E-state index contributed by atoms with van der Waals surface area (Å²) in [4.78, 5) is 31.1. The van der Waals surface area contributed by atoms with Crippen LogP contribution in [-0.4, -0.2) is 52.9 Å². The molecule has 52 heavy (non-hydrogen) atoms. The van der Waals surface area contributed by atoms with Crippen LogP contribution in [0.5, 0.6) is 11.5 Å². The Morgan fingerprint density at radius 2 is 1.12 bits per heavy atom. The van der Waals surface area contributed by atoms with Crippen LogP contribution in [0.4, 0.5) is 40.3 Å². The normalized spacial score (nSPS) is 12.5. The van der Waals surface area contributed by atoms with Crippen LogP contribution in [0.25, 0.3) is 9.69 Å². The topological polar surface area (TPSA) is 126 Å². The van der Waals surface area contributed by atoms with E-state index in [4.69, 9.17) is 22.6 Å². The lowest BCUT2D eigenvalue weighted by Crippen LogP contribution is -2.45. The molecule has 0 radical (unpaired) electrons. The Morgan fingerprint density at radius 1 is 0.750 bits per heavy atom. The van der Waals surface area contributed by atoms with Gasteiger partial charge in [0.25, 0.3) is 11.8 Å². The van der Waals surface area contributed by atoms with Gasteiger partial charge in [-0.25, -0.2) is 27.3 Å². The molecule has 0 aliphatic carbocycles. The first kappa shape index (κ1) is 42.9. The molecule has 0 bridgehead atoms. The maximum Gasteiger partial charge on any atom is 0.259 e. The lowest BCUT2D eigenvalue weighted by atomic mass is 10.1. The molecule has 0 aliphatic heterocycles. The highest BCUT2D eigenvalue weighted by molar-refractivity contribution is 14.1. The second-order valence-electron chi connectivity index (χ2n) is 11.4. The van der Waals surface area contributed by atoms with Crippen molar-refractivity contribution in [2.45, 2.75) is 45.3 Å². The maximum absolute atomic E-state index is 12.8. The second-order valence-corrected chi connectivity index (χ2v) is 12.5. The van der Waals surface area contributed by atoms with E-state index in [9.17, 15) is 37.4 Å². The van der Waals surface area contributed by atoms with Gasteiger partial charge in [-0.1, -0.05) is 34.7 Å². The standard InChI is InChI=1S/C18H17FN2O3.C17H14FIN2O3.C2H4F2/c1-12-10-14(6-9-16(12)20-3)21-17(22)18(2,23)11-24-15-7-4-13(19)5-8-15;1-17(23,10-24-13-6-3-11(18)4-7-13)16(22)21-12-5-8-15(20-2)14(19)9-12;1-2(3)4/h4-10,23H,11H2,1-2H3,(H,21,22);3-9,23H,10H2,1H3,(H,21,22);2H,1H3/t18-;17-;/m00./s1. The zero-order valence-corrected chi connectivity index (χ0v) is 30.5. The number of rotatable bonds is 10. The molecule has 274 valence electrons. The number of halogens is 5. The van der Waals surface area contributed by atoms with Gasteiger partial charge in [-0.05, 0) is 106 Å². The number of nitrogens with one attached hydrogen (secondary N) is 2. The fraction of sp³-hybridized carbons (Fsp3) is 0.243. The lowest BCUT2D eigenvalue weighted by Gasteiger charge is -2.22. The van der Waals surface area contributed by atoms with Gasteiger partial charge in [-0.3, -0.25) is 9.59 Å². The van der Waals surface area contributed by atoms with E-state index in [1.807, 2.05) is 22.6 Å². The molecule has 4 aromatic carbocycles. The van der Waals surface area contributed by atoms with E-state index >= 15 is 0 Å². The molecule has 4 aromatic rings. The second kappa shape index (κ2) is 20.0. The Kier molecular flexibility index (Phi) is 16.5. The number of hydrogen-bond acceptors (Lipinski definition) is 6. The quantitative estimate of drug-likeness (QED) is 0.0722. The summed E-state index contributed by atoms with van der Waals surface area (Å²) in [5, 5.41) is 25.7. The number of aryl methyl sites for hydroxylation is 1. The number of benzene rings is 4. The van der Waals surface area contributed by atoms with Crippen molar-refractivity contribution in [3.8, 4) is 11.5 Å². The molecule has 0 aromatic heterocycles. The fourth-order valence-electron chi connectivity index (χ4n) is 3.71. The highest BCUT2D eigenvalue weighted by Gasteiger charge is 2.32. The number of alkyl halides is 2. The number of hydrogen-bond donors (Lipinski definition) is 4. The number of nitrogens with zero attached hydrogens (tertiary/aromatic N) is 2. The van der Waals surface area contributed by atoms with E-state index in [-0.39, 0.29) is 13.2 Å². The molecular weight excluding hydrogens is 799 g/mol. The van der Waals surface area contributed by atoms with Crippen LogP contribution in [0.15, 0.2) is 84.9 Å². The molecule has 4 N–H and O–H groups in total. The van der Waals surface area contributed by atoms with Gasteiger partial charge in [0.1, 0.15) is 36.3 Å². The minimum atomic E-state index is -2.17. The van der Waals surface area contributed by atoms with E-state index < -0.39 is 41.1 Å². The molecule has 0 saturated carbocycles. The average molecular weight is 835 g/mol. The third kappa shape index (κ3) is 14.6. The lowest BCUT2D eigenvalue weighted by molar-refractivity contribution is -0.135. The van der Waals surface area contributed by atoms with Gasteiger partial charge in [0.2, 0.25) is 6.43 Å². The average Bonchev–Trinajstić information content (AvgIpc) is 3.08. The Balaban J connectivity index is 0.000000327. The number of aliphatic hydroxyl groups is 2. The van der Waals surface area contributed by atoms with Crippen molar-refractivity contribution in [1.82, 2.24) is 0 Å². The van der Waals surface area contributed by atoms with Gasteiger partial charge in [-0.2, -0.15) is 0 Å². The van der Waals surface area contributed by atoms with Crippen LogP contribution in [0.1, 0.15) is 26.3 Å². The number of carbonyl (C=O) groups excluding carboxylic acids is 2. The number of ether oxygens (including phenoxy) is 2. The van der Waals surface area contributed by atoms with Crippen molar-refractivity contribution in [3.63, 3.8) is 0 Å². The molecule has 10 nitrogen and oxygen atoms in total. The van der Waals surface area contributed by atoms with E-state index in [2.05, 4.69) is 20.3 Å². The van der Waals surface area contributed by atoms with Crippen LogP contribution in [0, 0.1) is 35.3 Å². The smallest absolute Gasteiger partial charge is 0.259 e. The molecule has 2 amide bonds. The number of amides is 2. The highest BCUT2D eigenvalue weighted by atomic mass is 127. The van der Waals surface area contributed by atoms with Crippen molar-refractivity contribution in [3.05, 3.63) is 129 Å². The first-order valence-corrected chi connectivity index (χ1v) is 16.2. The molecular formula is C37H35F4IN4O6. The van der Waals surface area contributed by atoms with Gasteiger partial charge >= 0.3 is 0 Å². The van der Waals surface area contributed by atoms with Crippen LogP contribution < -0.4 is 20.1 Å². The van der Waals surface area contributed by atoms with E-state index in [0.717, 1.165) is 12.5 Å². The molecule has 2 atom stereocenters. The monoisotopic (exact) mass is 834 g/mol. The van der Waals surface area contributed by atoms with E-state index in [1.54, 1.807) is 43.3 Å². The minimum Gasteiger partial charge on any atom is -0.490 e. The van der Waals surface area contributed by atoms with Crippen molar-refractivity contribution in [2.75, 3.05) is 23.8 Å². The van der Waals surface area contributed by atoms with Crippen LogP contribution in [-0.2, 0) is 9.59 Å². The molecule has 0 fully saturated rings. The van der Waals surface area contributed by atoms with Gasteiger partial charge in [0.05, 0.1) is 13.1 Å². The molecule has 0 unspecified atom stereocenters. The summed E-state index contributed by atoms with van der Waals surface area (Å²) in [7, 11) is 0. The third-order valence-electron chi connectivity index (χ3n) is 6.55. The fourth-order valence-corrected chi connectivity index (χ4v) is 4.34. The van der Waals surface area contributed by atoms with E-state index in [0.29, 0.717) is 37.8 Å². The van der Waals surface area contributed by atoms with Crippen LogP contribution in [0.2, 0.25) is 0 Å². The Bertz CT molecular complexity index is 1760. The van der Waals surface area contributed by atoms with Crippen LogP contribution >= 0.6 is 22.6 Å². The van der Waals surface area contributed by atoms with Gasteiger partial charge < -0.3 is 30.3 Å². The Morgan fingerprint density at radius 3 is 1.46 bits per heavy atom. The SMILES string of the molecule is CC(F)F.[C-]#[N+]c1ccc(NC(=O)[C@@](C)(O)COc2ccc(F)cc2)cc1C.[C-]#[N+]c1ccc(NC(=O)[C@@](C)(O)COc2ccc(F)cc2)cc1I. The molecule has 4 rings (SSSR count). The molecule has 0 saturated heterocycles. The van der Waals surface area contributed by atoms with Crippen molar-refractivity contribution in [2.24, 2.45) is 0 Å². The summed E-state index contributed by atoms with van der Waals surface area (Å²) in [6.07, 6.45) is -2.17. The van der Waals surface area contributed by atoms with Gasteiger partial charge in [-0.15, -0.1) is 0 Å². The largest absolute Gasteiger partial charge is 0.490 e. The first-order chi connectivity index (χ1) is 24.4. The summed E-state index contributed by atoms with van der Waals surface area (Å²) in [6.45, 7) is 18.7. The zero-order valence-electron chi connectivity index (χ0n) is 28.4. The maximum atomic E-state index is 12.8. The van der Waals surface area contributed by atoms with Crippen LogP contribution in [0.3, 0.4) is 0 Å². The zero-order chi connectivity index (χ0) is 39.1. The predicted molar refractivity (Wildman–Crippen MR) is 197 cm³/mol. The highest BCUT2D eigenvalue weighted by Crippen LogP contribution is 2.26. The molecule has 0 heterocycles. The Labute approximate surface area is 312 Å².